The highest BCUT2D eigenvalue weighted by atomic mass is 35.5. The van der Waals surface area contributed by atoms with E-state index in [0.29, 0.717) is 11.3 Å². The number of hydrogen-bond donors (Lipinski definition) is 1. The maximum atomic E-state index is 14.9. The van der Waals surface area contributed by atoms with E-state index in [0.717, 1.165) is 4.57 Å². The molecule has 2 aromatic carbocycles. The van der Waals surface area contributed by atoms with E-state index in [4.69, 9.17) is 30.5 Å². The van der Waals surface area contributed by atoms with Gasteiger partial charge in [0.15, 0.2) is 5.75 Å². The van der Waals surface area contributed by atoms with Gasteiger partial charge in [0, 0.05) is 43.3 Å². The number of anilines is 1. The molecular formula is C31H28ClN3O9. The number of hydrogen-bond acceptors (Lipinski definition) is 10. The van der Waals surface area contributed by atoms with Gasteiger partial charge in [-0.3, -0.25) is 23.5 Å². The van der Waals surface area contributed by atoms with Crippen LogP contribution in [0.25, 0.3) is 0 Å². The molecule has 1 N–H and O–H groups in total. The molecule has 0 fully saturated rings. The monoisotopic (exact) mass is 621 g/mol. The minimum atomic E-state index is -2.03. The molecule has 228 valence electrons. The Hall–Kier alpha value is -4.84. The van der Waals surface area contributed by atoms with Crippen molar-refractivity contribution < 1.29 is 33.3 Å². The van der Waals surface area contributed by atoms with Crippen LogP contribution in [-0.2, 0) is 23.6 Å². The average molecular weight is 622 g/mol. The first-order valence-corrected chi connectivity index (χ1v) is 14.0. The predicted octanol–water partition coefficient (Wildman–Crippen LogP) is 2.98. The summed E-state index contributed by atoms with van der Waals surface area (Å²) >= 11 is 6.59. The molecule has 2 aliphatic heterocycles. The number of nitrogens with zero attached hydrogens (tertiary/aromatic N) is 2. The molecule has 3 heterocycles. The molecule has 44 heavy (non-hydrogen) atoms. The van der Waals surface area contributed by atoms with Crippen LogP contribution in [0, 0.1) is 5.92 Å². The van der Waals surface area contributed by atoms with Gasteiger partial charge in [-0.05, 0) is 24.1 Å². The molecule has 3 aromatic rings. The normalized spacial score (nSPS) is 21.7. The number of carbonyl (C=O) groups excluding carboxylic acids is 3. The first kappa shape index (κ1) is 29.2. The molecule has 1 aromatic heterocycles. The third-order valence-corrected chi connectivity index (χ3v) is 9.10. The van der Waals surface area contributed by atoms with E-state index in [2.05, 4.69) is 5.32 Å². The van der Waals surface area contributed by atoms with Gasteiger partial charge < -0.3 is 24.3 Å². The van der Waals surface area contributed by atoms with Crippen LogP contribution in [0.4, 0.5) is 5.82 Å². The number of methoxy groups -OCH3 is 3. The number of carbonyl (C=O) groups is 3. The number of ether oxygens (including phenoxy) is 4. The quantitative estimate of drug-likeness (QED) is 0.341. The van der Waals surface area contributed by atoms with Crippen LogP contribution in [0.15, 0.2) is 51.2 Å². The lowest BCUT2D eigenvalue weighted by atomic mass is 9.66. The second-order valence-corrected chi connectivity index (χ2v) is 11.3. The second-order valence-electron chi connectivity index (χ2n) is 10.9. The van der Waals surface area contributed by atoms with Crippen LogP contribution < -0.4 is 30.8 Å². The van der Waals surface area contributed by atoms with Gasteiger partial charge >= 0.3 is 11.7 Å². The first-order valence-electron chi connectivity index (χ1n) is 13.6. The molecule has 13 heteroatoms. The maximum Gasteiger partial charge on any atom is 0.337 e. The molecule has 12 nitrogen and oxygen atoms in total. The molecule has 0 bridgehead atoms. The molecule has 6 rings (SSSR count). The van der Waals surface area contributed by atoms with E-state index in [1.165, 1.54) is 58.2 Å². The number of fused-ring (bicyclic) bond motifs is 2. The van der Waals surface area contributed by atoms with Crippen molar-refractivity contribution in [3.63, 3.8) is 0 Å². The fourth-order valence-electron chi connectivity index (χ4n) is 6.45. The van der Waals surface area contributed by atoms with E-state index in [1.807, 2.05) is 0 Å². The summed E-state index contributed by atoms with van der Waals surface area (Å²) in [6.45, 7) is 1.71. The van der Waals surface area contributed by atoms with Gasteiger partial charge in [-0.15, -0.1) is 0 Å². The van der Waals surface area contributed by atoms with Gasteiger partial charge in [0.05, 0.1) is 32.5 Å². The van der Waals surface area contributed by atoms with Crippen molar-refractivity contribution >= 4 is 35.0 Å². The van der Waals surface area contributed by atoms with E-state index in [-0.39, 0.29) is 56.8 Å². The topological polar surface area (TPSA) is 144 Å². The number of aromatic nitrogens is 2. The number of benzene rings is 2. The highest BCUT2D eigenvalue weighted by Crippen LogP contribution is 2.56. The predicted molar refractivity (Wildman–Crippen MR) is 158 cm³/mol. The summed E-state index contributed by atoms with van der Waals surface area (Å²) in [4.78, 5) is 68.0. The molecular weight excluding hydrogens is 594 g/mol. The molecule has 1 aliphatic carbocycles. The van der Waals surface area contributed by atoms with Crippen molar-refractivity contribution in [2.45, 2.75) is 24.9 Å². The third-order valence-electron chi connectivity index (χ3n) is 8.74. The minimum Gasteiger partial charge on any atom is -0.496 e. The first-order chi connectivity index (χ1) is 20.9. The molecule has 0 saturated carbocycles. The molecule has 1 unspecified atom stereocenters. The Labute approximate surface area is 255 Å². The van der Waals surface area contributed by atoms with E-state index in [9.17, 15) is 24.0 Å². The zero-order chi connectivity index (χ0) is 31.8. The molecule has 3 atom stereocenters. The summed E-state index contributed by atoms with van der Waals surface area (Å²) in [7, 11) is 6.91. The SMILES string of the molecule is COC(=O)c1ccc(C2C3=C(C[C@@H](C)[C@]4(Oc5c(Cl)c(OC)cc(OC)c5C4=O)C3=O)Nc3c2c(=O)n(C)c(=O)n3C)cc1. The Balaban J connectivity index is 1.60. The van der Waals surface area contributed by atoms with E-state index >= 15 is 0 Å². The van der Waals surface area contributed by atoms with Crippen LogP contribution in [-0.4, -0.2) is 53.6 Å². The van der Waals surface area contributed by atoms with Crippen LogP contribution in [0.3, 0.4) is 0 Å². The number of halogens is 1. The summed E-state index contributed by atoms with van der Waals surface area (Å²) in [6.07, 6.45) is 0.150. The van der Waals surface area contributed by atoms with Crippen LogP contribution >= 0.6 is 11.6 Å². The Morgan fingerprint density at radius 3 is 2.27 bits per heavy atom. The van der Waals surface area contributed by atoms with Gasteiger partial charge in [0.2, 0.25) is 17.2 Å². The lowest BCUT2D eigenvalue weighted by molar-refractivity contribution is -0.130. The highest BCUT2D eigenvalue weighted by molar-refractivity contribution is 6.36. The number of allylic oxidation sites excluding steroid dienone is 1. The van der Waals surface area contributed by atoms with Gasteiger partial charge in [-0.2, -0.15) is 0 Å². The minimum absolute atomic E-state index is 0.0132. The average Bonchev–Trinajstić information content (AvgIpc) is 3.35. The molecule has 3 aliphatic rings. The van der Waals surface area contributed by atoms with E-state index < -0.39 is 46.2 Å². The largest absolute Gasteiger partial charge is 0.496 e. The van der Waals surface area contributed by atoms with Crippen molar-refractivity contribution in [3.8, 4) is 17.2 Å². The Morgan fingerprint density at radius 1 is 1.00 bits per heavy atom. The fourth-order valence-corrected chi connectivity index (χ4v) is 6.72. The summed E-state index contributed by atoms with van der Waals surface area (Å²) in [6, 6.07) is 7.71. The number of esters is 1. The van der Waals surface area contributed by atoms with Crippen LogP contribution in [0.5, 0.6) is 17.2 Å². The lowest BCUT2D eigenvalue weighted by Crippen LogP contribution is -2.58. The van der Waals surface area contributed by atoms with Gasteiger partial charge in [-0.1, -0.05) is 30.7 Å². The maximum absolute atomic E-state index is 14.9. The highest BCUT2D eigenvalue weighted by Gasteiger charge is 2.63. The Bertz CT molecular complexity index is 1960. The van der Waals surface area contributed by atoms with Gasteiger partial charge in [0.25, 0.3) is 5.56 Å². The van der Waals surface area contributed by atoms with Gasteiger partial charge in [0.1, 0.15) is 27.9 Å². The number of Topliss-reactive ketones (excluding diaryl/α,β-unsaturated/α-hetero) is 2. The summed E-state index contributed by atoms with van der Waals surface area (Å²) in [5.74, 6) is -3.06. The zero-order valence-electron chi connectivity index (χ0n) is 24.7. The molecule has 0 radical (unpaired) electrons. The van der Waals surface area contributed by atoms with Crippen molar-refractivity contribution in [2.24, 2.45) is 20.0 Å². The lowest BCUT2D eigenvalue weighted by Gasteiger charge is -2.42. The van der Waals surface area contributed by atoms with Crippen molar-refractivity contribution in [1.29, 1.82) is 0 Å². The molecule has 0 saturated heterocycles. The Morgan fingerprint density at radius 2 is 1.66 bits per heavy atom. The molecule has 1 spiro atoms. The Kier molecular flexibility index (Phi) is 6.73. The number of ketones is 2. The van der Waals surface area contributed by atoms with Crippen molar-refractivity contribution in [1.82, 2.24) is 9.13 Å². The second kappa shape index (κ2) is 10.1. The van der Waals surface area contributed by atoms with Crippen molar-refractivity contribution in [2.75, 3.05) is 26.6 Å². The standard InChI is InChI=1S/C31H28ClN3O9/c1-13-11-16-20(25(36)31(13)26(37)21-17(41-4)12-18(42-5)23(32)24(21)44-31)19(14-7-9-15(10-8-14)29(39)43-6)22-27(33-16)34(2)30(40)35(3)28(22)38/h7-10,12-13,19,33H,11H2,1-6H3/t13-,19?,31+/m1/s1. The number of nitrogens with one attached hydrogen (secondary N) is 1. The summed E-state index contributed by atoms with van der Waals surface area (Å²) < 4.78 is 24.2. The van der Waals surface area contributed by atoms with Crippen LogP contribution in [0.2, 0.25) is 5.02 Å². The van der Waals surface area contributed by atoms with E-state index in [1.54, 1.807) is 19.1 Å². The summed E-state index contributed by atoms with van der Waals surface area (Å²) in [5, 5.41) is 3.18. The number of rotatable bonds is 4. The summed E-state index contributed by atoms with van der Waals surface area (Å²) in [5.41, 5.74) is -1.77. The smallest absolute Gasteiger partial charge is 0.337 e. The van der Waals surface area contributed by atoms with Crippen LogP contribution in [0.1, 0.15) is 51.1 Å². The third kappa shape index (κ3) is 3.73. The van der Waals surface area contributed by atoms with Gasteiger partial charge in [-0.25, -0.2) is 9.59 Å². The zero-order valence-corrected chi connectivity index (χ0v) is 25.5. The molecule has 0 amide bonds. The fraction of sp³-hybridized carbons (Fsp3) is 0.323. The van der Waals surface area contributed by atoms with Crippen molar-refractivity contribution in [3.05, 3.63) is 89.7 Å².